The van der Waals surface area contributed by atoms with Crippen LogP contribution in [-0.2, 0) is 4.79 Å². The first-order valence-corrected chi connectivity index (χ1v) is 5.71. The molecule has 5 nitrogen and oxygen atoms in total. The Bertz CT molecular complexity index is 382. The fourth-order valence-electron chi connectivity index (χ4n) is 1.91. The summed E-state index contributed by atoms with van der Waals surface area (Å²) in [6.45, 7) is 4.05. The van der Waals surface area contributed by atoms with Gasteiger partial charge in [-0.3, -0.25) is 0 Å². The van der Waals surface area contributed by atoms with Gasteiger partial charge < -0.3 is 9.67 Å². The van der Waals surface area contributed by atoms with Crippen LogP contribution in [0.2, 0.25) is 0 Å². The van der Waals surface area contributed by atoms with Crippen LogP contribution >= 0.6 is 0 Å². The maximum Gasteiger partial charge on any atom is 0.326 e. The molecule has 5 heteroatoms. The third-order valence-corrected chi connectivity index (χ3v) is 2.86. The molecule has 1 atom stereocenters. The minimum atomic E-state index is -0.796. The highest BCUT2D eigenvalue weighted by atomic mass is 16.4. The van der Waals surface area contributed by atoms with Gasteiger partial charge in [0.1, 0.15) is 18.2 Å². The van der Waals surface area contributed by atoms with Gasteiger partial charge in [-0.25, -0.2) is 4.79 Å². The Morgan fingerprint density at radius 3 is 2.81 bits per heavy atom. The molecule has 1 aliphatic rings. The van der Waals surface area contributed by atoms with Crippen molar-refractivity contribution in [1.82, 2.24) is 14.8 Å². The molecule has 0 aromatic carbocycles. The monoisotopic (exact) mass is 223 g/mol. The Morgan fingerprint density at radius 2 is 2.31 bits per heavy atom. The lowest BCUT2D eigenvalue weighted by molar-refractivity contribution is -0.141. The summed E-state index contributed by atoms with van der Waals surface area (Å²) in [6, 6.07) is -0.523. The number of carboxylic acid groups (broad SMARTS) is 1. The third-order valence-electron chi connectivity index (χ3n) is 2.86. The van der Waals surface area contributed by atoms with E-state index in [0.717, 1.165) is 18.7 Å². The molecule has 1 heterocycles. The van der Waals surface area contributed by atoms with E-state index in [1.54, 1.807) is 10.9 Å². The van der Waals surface area contributed by atoms with Crippen LogP contribution in [0.4, 0.5) is 0 Å². The number of carboxylic acids is 1. The molecular weight excluding hydrogens is 206 g/mol. The quantitative estimate of drug-likeness (QED) is 0.826. The van der Waals surface area contributed by atoms with Gasteiger partial charge in [0.05, 0.1) is 0 Å². The van der Waals surface area contributed by atoms with Gasteiger partial charge in [0.25, 0.3) is 0 Å². The van der Waals surface area contributed by atoms with Crippen LogP contribution in [0.25, 0.3) is 0 Å². The zero-order valence-corrected chi connectivity index (χ0v) is 9.63. The highest BCUT2D eigenvalue weighted by molar-refractivity contribution is 5.72. The van der Waals surface area contributed by atoms with Crippen molar-refractivity contribution >= 4 is 5.97 Å². The van der Waals surface area contributed by atoms with E-state index in [0.29, 0.717) is 18.3 Å². The first-order valence-electron chi connectivity index (χ1n) is 5.71. The third kappa shape index (κ3) is 2.23. The molecule has 0 spiro atoms. The van der Waals surface area contributed by atoms with Crippen LogP contribution in [0.3, 0.4) is 0 Å². The van der Waals surface area contributed by atoms with Gasteiger partial charge in [0.15, 0.2) is 0 Å². The Morgan fingerprint density at radius 1 is 1.62 bits per heavy atom. The molecule has 1 fully saturated rings. The molecule has 88 valence electrons. The van der Waals surface area contributed by atoms with Gasteiger partial charge in [0.2, 0.25) is 0 Å². The lowest BCUT2D eigenvalue weighted by Gasteiger charge is -2.17. The van der Waals surface area contributed by atoms with Crippen molar-refractivity contribution in [2.24, 2.45) is 5.92 Å². The second kappa shape index (κ2) is 4.23. The second-order valence-electron chi connectivity index (χ2n) is 4.85. The minimum Gasteiger partial charge on any atom is -0.480 e. The lowest BCUT2D eigenvalue weighted by Crippen LogP contribution is -2.22. The SMILES string of the molecule is CC(C)CC(C(=O)O)n1cnnc1C1CC1. The van der Waals surface area contributed by atoms with E-state index in [9.17, 15) is 9.90 Å². The largest absolute Gasteiger partial charge is 0.480 e. The van der Waals surface area contributed by atoms with E-state index in [1.165, 1.54) is 0 Å². The molecule has 0 radical (unpaired) electrons. The van der Waals surface area contributed by atoms with Crippen LogP contribution in [0.15, 0.2) is 6.33 Å². The van der Waals surface area contributed by atoms with E-state index >= 15 is 0 Å². The van der Waals surface area contributed by atoms with Crippen molar-refractivity contribution in [3.05, 3.63) is 12.2 Å². The molecule has 16 heavy (non-hydrogen) atoms. The van der Waals surface area contributed by atoms with Crippen molar-refractivity contribution in [1.29, 1.82) is 0 Å². The number of rotatable bonds is 5. The summed E-state index contributed by atoms with van der Waals surface area (Å²) in [5.41, 5.74) is 0. The number of carbonyl (C=O) groups is 1. The lowest BCUT2D eigenvalue weighted by atomic mass is 10.0. The van der Waals surface area contributed by atoms with Crippen molar-refractivity contribution < 1.29 is 9.90 Å². The molecular formula is C11H17N3O2. The van der Waals surface area contributed by atoms with Crippen molar-refractivity contribution in [3.63, 3.8) is 0 Å². The van der Waals surface area contributed by atoms with Crippen LogP contribution in [0.1, 0.15) is 50.9 Å². The predicted molar refractivity (Wildman–Crippen MR) is 58.1 cm³/mol. The van der Waals surface area contributed by atoms with Gasteiger partial charge in [-0.05, 0) is 25.2 Å². The molecule has 1 aliphatic carbocycles. The topological polar surface area (TPSA) is 68.0 Å². The van der Waals surface area contributed by atoms with Crippen LogP contribution in [-0.4, -0.2) is 25.8 Å². The standard InChI is InChI=1S/C11H17N3O2/c1-7(2)5-9(11(15)16)14-6-12-13-10(14)8-3-4-8/h6-9H,3-5H2,1-2H3,(H,15,16). The average molecular weight is 223 g/mol. The molecule has 1 N–H and O–H groups in total. The first kappa shape index (κ1) is 11.1. The molecule has 0 aliphatic heterocycles. The van der Waals surface area contributed by atoms with Crippen LogP contribution in [0.5, 0.6) is 0 Å². The predicted octanol–water partition coefficient (Wildman–Crippen LogP) is 1.83. The van der Waals surface area contributed by atoms with Gasteiger partial charge in [-0.15, -0.1) is 10.2 Å². The number of nitrogens with zero attached hydrogens (tertiary/aromatic N) is 3. The Balaban J connectivity index is 2.23. The fourth-order valence-corrected chi connectivity index (χ4v) is 1.91. The highest BCUT2D eigenvalue weighted by Gasteiger charge is 2.32. The van der Waals surface area contributed by atoms with E-state index in [1.807, 2.05) is 13.8 Å². The smallest absolute Gasteiger partial charge is 0.326 e. The summed E-state index contributed by atoms with van der Waals surface area (Å²) in [6.07, 6.45) is 4.38. The summed E-state index contributed by atoms with van der Waals surface area (Å²) in [7, 11) is 0. The molecule has 2 rings (SSSR count). The number of hydrogen-bond acceptors (Lipinski definition) is 3. The van der Waals surface area contributed by atoms with Gasteiger partial charge in [-0.2, -0.15) is 0 Å². The van der Waals surface area contributed by atoms with E-state index in [4.69, 9.17) is 0 Å². The molecule has 0 amide bonds. The van der Waals surface area contributed by atoms with Gasteiger partial charge in [0, 0.05) is 5.92 Å². The molecule has 1 aromatic rings. The summed E-state index contributed by atoms with van der Waals surface area (Å²) >= 11 is 0. The van der Waals surface area contributed by atoms with E-state index in [-0.39, 0.29) is 0 Å². The van der Waals surface area contributed by atoms with Crippen molar-refractivity contribution in [2.75, 3.05) is 0 Å². The zero-order valence-electron chi connectivity index (χ0n) is 9.63. The van der Waals surface area contributed by atoms with Crippen molar-refractivity contribution in [3.8, 4) is 0 Å². The average Bonchev–Trinajstić information content (AvgIpc) is 2.93. The highest BCUT2D eigenvalue weighted by Crippen LogP contribution is 2.40. The van der Waals surface area contributed by atoms with E-state index in [2.05, 4.69) is 10.2 Å². The Hall–Kier alpha value is -1.39. The number of hydrogen-bond donors (Lipinski definition) is 1. The maximum absolute atomic E-state index is 11.3. The summed E-state index contributed by atoms with van der Waals surface area (Å²) < 4.78 is 1.74. The number of aromatic nitrogens is 3. The molecule has 1 saturated carbocycles. The van der Waals surface area contributed by atoms with Crippen LogP contribution < -0.4 is 0 Å². The Kier molecular flexibility index (Phi) is 2.94. The normalized spacial score (nSPS) is 17.7. The van der Waals surface area contributed by atoms with Gasteiger partial charge >= 0.3 is 5.97 Å². The summed E-state index contributed by atoms with van der Waals surface area (Å²) in [4.78, 5) is 11.3. The fraction of sp³-hybridized carbons (Fsp3) is 0.727. The number of aliphatic carboxylic acids is 1. The van der Waals surface area contributed by atoms with Crippen molar-refractivity contribution in [2.45, 2.75) is 45.1 Å². The molecule has 1 aromatic heterocycles. The van der Waals surface area contributed by atoms with E-state index < -0.39 is 12.0 Å². The van der Waals surface area contributed by atoms with Gasteiger partial charge in [-0.1, -0.05) is 13.8 Å². The Labute approximate surface area is 94.5 Å². The first-order chi connectivity index (χ1) is 7.59. The molecule has 0 bridgehead atoms. The molecule has 0 saturated heterocycles. The summed E-state index contributed by atoms with van der Waals surface area (Å²) in [5.74, 6) is 0.815. The van der Waals surface area contributed by atoms with Crippen LogP contribution in [0, 0.1) is 5.92 Å². The molecule has 1 unspecified atom stereocenters. The zero-order chi connectivity index (χ0) is 11.7. The maximum atomic E-state index is 11.3. The second-order valence-corrected chi connectivity index (χ2v) is 4.85. The summed E-state index contributed by atoms with van der Waals surface area (Å²) in [5, 5.41) is 17.1. The minimum absolute atomic E-state index is 0.343.